The van der Waals surface area contributed by atoms with Gasteiger partial charge in [-0.1, -0.05) is 34.4 Å². The summed E-state index contributed by atoms with van der Waals surface area (Å²) in [6.45, 7) is 8.91. The summed E-state index contributed by atoms with van der Waals surface area (Å²) in [6.07, 6.45) is 6.95. The lowest BCUT2D eigenvalue weighted by atomic mass is 10.1. The fourth-order valence-electron chi connectivity index (χ4n) is 2.72. The number of rotatable bonds is 2. The van der Waals surface area contributed by atoms with Crippen LogP contribution in [0.3, 0.4) is 0 Å². The molecule has 0 atom stereocenters. The summed E-state index contributed by atoms with van der Waals surface area (Å²) in [5.74, 6) is 0. The molecule has 1 aromatic heterocycles. The molecular weight excluding hydrogens is 248 g/mol. The molecule has 1 aromatic rings. The topological polar surface area (TPSA) is 0 Å². The highest BCUT2D eigenvalue weighted by Gasteiger charge is 2.16. The molecule has 1 heterocycles. The molecule has 0 nitrogen and oxygen atoms in total. The SMILES string of the molecule is CC1=C(C)CC(c2ccc(C3=CC(C)=C(C)C3)s2)=C1. The lowest BCUT2D eigenvalue weighted by molar-refractivity contribution is 1.23. The van der Waals surface area contributed by atoms with E-state index in [1.54, 1.807) is 0 Å². The van der Waals surface area contributed by atoms with Crippen LogP contribution in [0.5, 0.6) is 0 Å². The van der Waals surface area contributed by atoms with Gasteiger partial charge in [-0.2, -0.15) is 0 Å². The van der Waals surface area contributed by atoms with Crippen molar-refractivity contribution in [3.8, 4) is 0 Å². The smallest absolute Gasteiger partial charge is 0.0312 e. The standard InChI is InChI=1S/C18H20S/c1-11-7-15(8-12(11)2)17-5-6-18(19-17)16-9-13(3)14(4)10-16/h5-7,9H,8,10H2,1-4H3. The summed E-state index contributed by atoms with van der Waals surface area (Å²) in [5, 5.41) is 0. The van der Waals surface area contributed by atoms with Gasteiger partial charge in [-0.25, -0.2) is 0 Å². The normalized spacial score (nSPS) is 19.4. The van der Waals surface area contributed by atoms with Crippen molar-refractivity contribution in [1.29, 1.82) is 0 Å². The van der Waals surface area contributed by atoms with Gasteiger partial charge in [0.1, 0.15) is 0 Å². The van der Waals surface area contributed by atoms with Gasteiger partial charge in [-0.05, 0) is 63.8 Å². The van der Waals surface area contributed by atoms with Gasteiger partial charge >= 0.3 is 0 Å². The second kappa shape index (κ2) is 4.64. The quantitative estimate of drug-likeness (QED) is 0.617. The van der Waals surface area contributed by atoms with E-state index in [4.69, 9.17) is 0 Å². The first-order chi connectivity index (χ1) is 9.04. The molecule has 0 spiro atoms. The Hall–Kier alpha value is -1.34. The second-order valence-corrected chi connectivity index (χ2v) is 6.87. The lowest BCUT2D eigenvalue weighted by Crippen LogP contribution is -1.76. The Morgan fingerprint density at radius 1 is 0.737 bits per heavy atom. The third kappa shape index (κ3) is 2.28. The average Bonchev–Trinajstić information content (AvgIpc) is 3.03. The summed E-state index contributed by atoms with van der Waals surface area (Å²) < 4.78 is 0. The van der Waals surface area contributed by atoms with Crippen LogP contribution in [0, 0.1) is 0 Å². The molecule has 0 unspecified atom stereocenters. The molecule has 98 valence electrons. The maximum absolute atomic E-state index is 2.35. The molecule has 0 aliphatic heterocycles. The van der Waals surface area contributed by atoms with Crippen molar-refractivity contribution in [3.05, 3.63) is 56.3 Å². The predicted molar refractivity (Wildman–Crippen MR) is 86.3 cm³/mol. The van der Waals surface area contributed by atoms with Crippen molar-refractivity contribution in [2.75, 3.05) is 0 Å². The van der Waals surface area contributed by atoms with E-state index in [1.165, 1.54) is 43.2 Å². The highest BCUT2D eigenvalue weighted by Crippen LogP contribution is 2.40. The second-order valence-electron chi connectivity index (χ2n) is 5.78. The molecular formula is C18H20S. The minimum absolute atomic E-state index is 1.13. The summed E-state index contributed by atoms with van der Waals surface area (Å²) >= 11 is 1.95. The molecule has 1 heteroatoms. The molecule has 2 aliphatic carbocycles. The zero-order chi connectivity index (χ0) is 13.6. The number of allylic oxidation sites excluding steroid dienone is 8. The first kappa shape index (κ1) is 12.7. The molecule has 3 rings (SSSR count). The Balaban J connectivity index is 1.83. The zero-order valence-electron chi connectivity index (χ0n) is 12.1. The predicted octanol–water partition coefficient (Wildman–Crippen LogP) is 6.00. The molecule has 0 saturated carbocycles. The van der Waals surface area contributed by atoms with Gasteiger partial charge in [0.15, 0.2) is 0 Å². The van der Waals surface area contributed by atoms with Crippen LogP contribution in [0.1, 0.15) is 50.3 Å². The van der Waals surface area contributed by atoms with Gasteiger partial charge in [-0.3, -0.25) is 0 Å². The summed E-state index contributed by atoms with van der Waals surface area (Å²) in [5.41, 5.74) is 8.89. The van der Waals surface area contributed by atoms with Crippen LogP contribution in [-0.4, -0.2) is 0 Å². The third-order valence-electron chi connectivity index (χ3n) is 4.28. The van der Waals surface area contributed by atoms with Gasteiger partial charge in [0.05, 0.1) is 0 Å². The van der Waals surface area contributed by atoms with Crippen LogP contribution in [0.15, 0.2) is 46.6 Å². The molecule has 0 fully saturated rings. The van der Waals surface area contributed by atoms with Gasteiger partial charge in [0.2, 0.25) is 0 Å². The fraction of sp³-hybridized carbons (Fsp3) is 0.333. The average molecular weight is 268 g/mol. The van der Waals surface area contributed by atoms with E-state index in [0.717, 1.165) is 12.8 Å². The van der Waals surface area contributed by atoms with Gasteiger partial charge < -0.3 is 0 Å². The molecule has 0 aromatic carbocycles. The first-order valence-electron chi connectivity index (χ1n) is 6.89. The van der Waals surface area contributed by atoms with Crippen LogP contribution < -0.4 is 0 Å². The van der Waals surface area contributed by atoms with Crippen LogP contribution in [-0.2, 0) is 0 Å². The summed E-state index contributed by atoms with van der Waals surface area (Å²) in [7, 11) is 0. The van der Waals surface area contributed by atoms with E-state index in [0.29, 0.717) is 0 Å². The van der Waals surface area contributed by atoms with E-state index in [2.05, 4.69) is 52.0 Å². The van der Waals surface area contributed by atoms with Crippen LogP contribution in [0.2, 0.25) is 0 Å². The Morgan fingerprint density at radius 3 is 1.47 bits per heavy atom. The Morgan fingerprint density at radius 2 is 1.16 bits per heavy atom. The molecule has 2 aliphatic rings. The molecule has 0 saturated heterocycles. The number of thiophene rings is 1. The van der Waals surface area contributed by atoms with Crippen molar-refractivity contribution in [3.63, 3.8) is 0 Å². The number of hydrogen-bond acceptors (Lipinski definition) is 1. The summed E-state index contributed by atoms with van der Waals surface area (Å²) in [6, 6.07) is 4.59. The van der Waals surface area contributed by atoms with E-state index in [-0.39, 0.29) is 0 Å². The van der Waals surface area contributed by atoms with Gasteiger partial charge in [0.25, 0.3) is 0 Å². The summed E-state index contributed by atoms with van der Waals surface area (Å²) in [4.78, 5) is 2.88. The van der Waals surface area contributed by atoms with E-state index < -0.39 is 0 Å². The Bertz CT molecular complexity index is 603. The lowest BCUT2D eigenvalue weighted by Gasteiger charge is -2.00. The highest BCUT2D eigenvalue weighted by atomic mass is 32.1. The first-order valence-corrected chi connectivity index (χ1v) is 7.70. The van der Waals surface area contributed by atoms with E-state index >= 15 is 0 Å². The van der Waals surface area contributed by atoms with Crippen LogP contribution in [0.4, 0.5) is 0 Å². The highest BCUT2D eigenvalue weighted by molar-refractivity contribution is 7.14. The Labute approximate surface area is 119 Å². The molecule has 19 heavy (non-hydrogen) atoms. The van der Waals surface area contributed by atoms with Crippen molar-refractivity contribution in [2.45, 2.75) is 40.5 Å². The Kier molecular flexibility index (Phi) is 3.10. The monoisotopic (exact) mass is 268 g/mol. The fourth-order valence-corrected chi connectivity index (χ4v) is 3.75. The van der Waals surface area contributed by atoms with E-state index in [1.807, 2.05) is 11.3 Å². The van der Waals surface area contributed by atoms with E-state index in [9.17, 15) is 0 Å². The van der Waals surface area contributed by atoms with Crippen molar-refractivity contribution < 1.29 is 0 Å². The third-order valence-corrected chi connectivity index (χ3v) is 5.51. The largest absolute Gasteiger partial charge is 0.136 e. The maximum atomic E-state index is 2.35. The minimum Gasteiger partial charge on any atom is -0.136 e. The van der Waals surface area contributed by atoms with Crippen LogP contribution >= 0.6 is 11.3 Å². The van der Waals surface area contributed by atoms with Gasteiger partial charge in [-0.15, -0.1) is 11.3 Å². The van der Waals surface area contributed by atoms with Crippen molar-refractivity contribution in [1.82, 2.24) is 0 Å². The minimum atomic E-state index is 1.13. The van der Waals surface area contributed by atoms with Gasteiger partial charge in [0, 0.05) is 9.75 Å². The van der Waals surface area contributed by atoms with Crippen LogP contribution in [0.25, 0.3) is 11.1 Å². The maximum Gasteiger partial charge on any atom is 0.0312 e. The van der Waals surface area contributed by atoms with Crippen molar-refractivity contribution >= 4 is 22.5 Å². The molecule has 0 amide bonds. The molecule has 0 bridgehead atoms. The zero-order valence-corrected chi connectivity index (χ0v) is 12.9. The van der Waals surface area contributed by atoms with Crippen molar-refractivity contribution in [2.24, 2.45) is 0 Å². The number of hydrogen-bond donors (Lipinski definition) is 0. The molecule has 0 N–H and O–H groups in total. The molecule has 0 radical (unpaired) electrons.